The molecule has 2 nitrogen and oxygen atoms in total. The van der Waals surface area contributed by atoms with Gasteiger partial charge in [0, 0.05) is 23.9 Å². The number of rotatable bonds is 5. The summed E-state index contributed by atoms with van der Waals surface area (Å²) in [6.07, 6.45) is 9.08. The number of hydrogen-bond acceptors (Lipinski definition) is 1. The van der Waals surface area contributed by atoms with Gasteiger partial charge in [-0.1, -0.05) is 43.7 Å². The van der Waals surface area contributed by atoms with Gasteiger partial charge in [-0.15, -0.1) is 11.6 Å². The minimum atomic E-state index is 0.612. The van der Waals surface area contributed by atoms with Crippen molar-refractivity contribution in [3.63, 3.8) is 0 Å². The van der Waals surface area contributed by atoms with E-state index in [1.807, 2.05) is 12.1 Å². The number of hydrogen-bond donors (Lipinski definition) is 0. The van der Waals surface area contributed by atoms with Crippen molar-refractivity contribution in [2.24, 2.45) is 5.92 Å². The Morgan fingerprint density at radius 2 is 2.00 bits per heavy atom. The highest BCUT2D eigenvalue weighted by Gasteiger charge is 2.16. The van der Waals surface area contributed by atoms with Crippen LogP contribution < -0.4 is 0 Å². The van der Waals surface area contributed by atoms with E-state index in [-0.39, 0.29) is 0 Å². The van der Waals surface area contributed by atoms with E-state index < -0.39 is 0 Å². The number of imidazole rings is 1. The Hall–Kier alpha value is -0.730. The third-order valence-corrected chi connectivity index (χ3v) is 5.02. The molecule has 4 heteroatoms. The fourth-order valence-electron chi connectivity index (χ4n) is 3.47. The third-order valence-electron chi connectivity index (χ3n) is 4.59. The van der Waals surface area contributed by atoms with Gasteiger partial charge in [0.25, 0.3) is 0 Å². The van der Waals surface area contributed by atoms with Crippen molar-refractivity contribution in [3.8, 4) is 0 Å². The average molecular weight is 325 g/mol. The number of nitrogens with zero attached hydrogens (tertiary/aromatic N) is 2. The van der Waals surface area contributed by atoms with E-state index in [0.717, 1.165) is 35.2 Å². The van der Waals surface area contributed by atoms with Crippen molar-refractivity contribution >= 4 is 34.2 Å². The average Bonchev–Trinajstić information content (AvgIpc) is 2.83. The van der Waals surface area contributed by atoms with Crippen LogP contribution in [0.2, 0.25) is 5.02 Å². The largest absolute Gasteiger partial charge is 0.328 e. The Labute approximate surface area is 136 Å². The molecule has 0 radical (unpaired) electrons. The third kappa shape index (κ3) is 3.54. The van der Waals surface area contributed by atoms with Gasteiger partial charge >= 0.3 is 0 Å². The molecule has 3 rings (SSSR count). The molecule has 0 unspecified atom stereocenters. The summed E-state index contributed by atoms with van der Waals surface area (Å²) >= 11 is 12.0. The Morgan fingerprint density at radius 1 is 1.19 bits per heavy atom. The molecule has 1 aromatic carbocycles. The Balaban J connectivity index is 1.82. The molecule has 0 spiro atoms. The summed E-state index contributed by atoms with van der Waals surface area (Å²) in [7, 11) is 0. The van der Waals surface area contributed by atoms with Crippen LogP contribution in [0, 0.1) is 5.92 Å². The summed E-state index contributed by atoms with van der Waals surface area (Å²) in [5.41, 5.74) is 2.18. The van der Waals surface area contributed by atoms with E-state index in [0.29, 0.717) is 5.88 Å². The molecule has 0 amide bonds. The van der Waals surface area contributed by atoms with Gasteiger partial charge in [0.1, 0.15) is 5.82 Å². The van der Waals surface area contributed by atoms with Crippen molar-refractivity contribution in [3.05, 3.63) is 29.0 Å². The molecule has 1 heterocycles. The summed E-state index contributed by atoms with van der Waals surface area (Å²) < 4.78 is 2.35. The Kier molecular flexibility index (Phi) is 5.07. The second kappa shape index (κ2) is 7.02. The fraction of sp³-hybridized carbons (Fsp3) is 0.588. The summed E-state index contributed by atoms with van der Waals surface area (Å²) in [5.74, 6) is 2.59. The highest BCUT2D eigenvalue weighted by atomic mass is 35.5. The Morgan fingerprint density at radius 3 is 2.76 bits per heavy atom. The zero-order valence-electron chi connectivity index (χ0n) is 12.3. The van der Waals surface area contributed by atoms with Crippen molar-refractivity contribution in [1.82, 2.24) is 9.55 Å². The number of fused-ring (bicyclic) bond motifs is 1. The minimum Gasteiger partial charge on any atom is -0.328 e. The van der Waals surface area contributed by atoms with Gasteiger partial charge in [0.05, 0.1) is 11.0 Å². The minimum absolute atomic E-state index is 0.612. The molecule has 1 aliphatic carbocycles. The second-order valence-corrected chi connectivity index (χ2v) is 6.86. The lowest BCUT2D eigenvalue weighted by molar-refractivity contribution is 0.324. The lowest BCUT2D eigenvalue weighted by Gasteiger charge is -2.22. The lowest BCUT2D eigenvalue weighted by atomic mass is 9.87. The maximum Gasteiger partial charge on any atom is 0.111 e. The van der Waals surface area contributed by atoms with E-state index in [4.69, 9.17) is 28.2 Å². The summed E-state index contributed by atoms with van der Waals surface area (Å²) in [4.78, 5) is 4.72. The second-order valence-electron chi connectivity index (χ2n) is 6.04. The molecule has 114 valence electrons. The first-order valence-corrected chi connectivity index (χ1v) is 8.90. The standard InChI is InChI=1S/C17H22Cl2N2/c18-10-8-17-20-15-12-14(19)6-7-16(15)21(17)11-9-13-4-2-1-3-5-13/h6-7,12-13H,1-5,8-11H2. The van der Waals surface area contributed by atoms with Gasteiger partial charge in [0.15, 0.2) is 0 Å². The highest BCUT2D eigenvalue weighted by Crippen LogP contribution is 2.28. The van der Waals surface area contributed by atoms with Gasteiger partial charge in [-0.05, 0) is 30.5 Å². The summed E-state index contributed by atoms with van der Waals surface area (Å²) in [6, 6.07) is 5.99. The molecule has 0 N–H and O–H groups in total. The van der Waals surface area contributed by atoms with E-state index in [2.05, 4.69) is 10.6 Å². The number of alkyl halides is 1. The van der Waals surface area contributed by atoms with Gasteiger partial charge in [0.2, 0.25) is 0 Å². The quantitative estimate of drug-likeness (QED) is 0.669. The van der Waals surface area contributed by atoms with Crippen molar-refractivity contribution in [1.29, 1.82) is 0 Å². The van der Waals surface area contributed by atoms with Gasteiger partial charge in [-0.25, -0.2) is 4.98 Å². The molecule has 0 atom stereocenters. The van der Waals surface area contributed by atoms with Crippen LogP contribution in [0.5, 0.6) is 0 Å². The smallest absolute Gasteiger partial charge is 0.111 e. The van der Waals surface area contributed by atoms with Crippen LogP contribution in [0.1, 0.15) is 44.3 Å². The van der Waals surface area contributed by atoms with E-state index in [1.54, 1.807) is 0 Å². The maximum atomic E-state index is 6.08. The van der Waals surface area contributed by atoms with E-state index in [1.165, 1.54) is 44.0 Å². The summed E-state index contributed by atoms with van der Waals surface area (Å²) in [5, 5.41) is 0.747. The van der Waals surface area contributed by atoms with Crippen molar-refractivity contribution < 1.29 is 0 Å². The van der Waals surface area contributed by atoms with Crippen molar-refractivity contribution in [2.75, 3.05) is 5.88 Å². The highest BCUT2D eigenvalue weighted by molar-refractivity contribution is 6.31. The molecule has 1 aromatic heterocycles. The van der Waals surface area contributed by atoms with Crippen molar-refractivity contribution in [2.45, 2.75) is 51.5 Å². The predicted molar refractivity (Wildman–Crippen MR) is 90.4 cm³/mol. The summed E-state index contributed by atoms with van der Waals surface area (Å²) in [6.45, 7) is 1.05. The van der Waals surface area contributed by atoms with Crippen LogP contribution in [-0.2, 0) is 13.0 Å². The molecular weight excluding hydrogens is 303 g/mol. The monoisotopic (exact) mass is 324 g/mol. The number of aromatic nitrogens is 2. The van der Waals surface area contributed by atoms with E-state index >= 15 is 0 Å². The van der Waals surface area contributed by atoms with E-state index in [9.17, 15) is 0 Å². The Bertz CT molecular complexity index is 600. The molecule has 0 saturated heterocycles. The molecule has 1 fully saturated rings. The SMILES string of the molecule is ClCCc1nc2cc(Cl)ccc2n1CCC1CCCCC1. The van der Waals surface area contributed by atoms with Crippen LogP contribution in [0.4, 0.5) is 0 Å². The predicted octanol–water partition coefficient (Wildman–Crippen LogP) is 5.44. The first kappa shape index (κ1) is 15.2. The zero-order chi connectivity index (χ0) is 14.7. The molecule has 0 bridgehead atoms. The first-order chi connectivity index (χ1) is 10.3. The van der Waals surface area contributed by atoms with Crippen LogP contribution in [-0.4, -0.2) is 15.4 Å². The molecule has 0 aliphatic heterocycles. The normalized spacial score (nSPS) is 16.7. The van der Waals surface area contributed by atoms with Crippen LogP contribution in [0.15, 0.2) is 18.2 Å². The van der Waals surface area contributed by atoms with Gasteiger partial charge in [-0.2, -0.15) is 0 Å². The molecule has 1 saturated carbocycles. The topological polar surface area (TPSA) is 17.8 Å². The fourth-order valence-corrected chi connectivity index (χ4v) is 3.80. The first-order valence-electron chi connectivity index (χ1n) is 7.98. The molecule has 2 aromatic rings. The molecule has 1 aliphatic rings. The van der Waals surface area contributed by atoms with Gasteiger partial charge in [-0.3, -0.25) is 0 Å². The lowest BCUT2D eigenvalue weighted by Crippen LogP contribution is -2.12. The number of aryl methyl sites for hydroxylation is 2. The van der Waals surface area contributed by atoms with Crippen LogP contribution in [0.25, 0.3) is 11.0 Å². The number of halogens is 2. The number of benzene rings is 1. The van der Waals surface area contributed by atoms with Gasteiger partial charge < -0.3 is 4.57 Å². The molecular formula is C17H22Cl2N2. The maximum absolute atomic E-state index is 6.08. The van der Waals surface area contributed by atoms with Crippen LogP contribution >= 0.6 is 23.2 Å². The zero-order valence-corrected chi connectivity index (χ0v) is 13.8. The van der Waals surface area contributed by atoms with Crippen LogP contribution in [0.3, 0.4) is 0 Å². The molecule has 21 heavy (non-hydrogen) atoms.